The van der Waals surface area contributed by atoms with Gasteiger partial charge in [-0.1, -0.05) is 37.3 Å². The van der Waals surface area contributed by atoms with Crippen molar-refractivity contribution < 1.29 is 19.1 Å². The van der Waals surface area contributed by atoms with Crippen LogP contribution in [0.2, 0.25) is 0 Å². The van der Waals surface area contributed by atoms with Crippen molar-refractivity contribution in [3.63, 3.8) is 0 Å². The second kappa shape index (κ2) is 11.8. The van der Waals surface area contributed by atoms with E-state index >= 15 is 0 Å². The fourth-order valence-electron chi connectivity index (χ4n) is 3.41. The quantitative estimate of drug-likeness (QED) is 0.416. The van der Waals surface area contributed by atoms with E-state index in [0.717, 1.165) is 17.5 Å². The summed E-state index contributed by atoms with van der Waals surface area (Å²) in [5.74, 6) is 1.01. The van der Waals surface area contributed by atoms with E-state index in [1.165, 1.54) is 5.56 Å². The summed E-state index contributed by atoms with van der Waals surface area (Å²) in [6, 6.07) is 16.7. The van der Waals surface area contributed by atoms with Crippen LogP contribution in [0.15, 0.2) is 67.0 Å². The Morgan fingerprint density at radius 3 is 2.33 bits per heavy atom. The zero-order chi connectivity index (χ0) is 23.6. The molecule has 0 spiro atoms. The summed E-state index contributed by atoms with van der Waals surface area (Å²) in [5.41, 5.74) is 3.72. The minimum Gasteiger partial charge on any atom is -0.493 e. The molecule has 1 aromatic heterocycles. The molecule has 0 aliphatic rings. The van der Waals surface area contributed by atoms with Crippen LogP contribution in [-0.4, -0.2) is 23.8 Å². The lowest BCUT2D eigenvalue weighted by molar-refractivity contribution is -0.121. The van der Waals surface area contributed by atoms with Gasteiger partial charge in [-0.05, 0) is 54.3 Å². The summed E-state index contributed by atoms with van der Waals surface area (Å²) in [7, 11) is 1.58. The highest BCUT2D eigenvalue weighted by atomic mass is 16.5. The van der Waals surface area contributed by atoms with Crippen molar-refractivity contribution in [1.29, 1.82) is 0 Å². The molecule has 1 amide bonds. The lowest BCUT2D eigenvalue weighted by Gasteiger charge is -2.17. The molecule has 0 radical (unpaired) electrons. The fourth-order valence-corrected chi connectivity index (χ4v) is 3.41. The molecule has 0 aliphatic carbocycles. The Morgan fingerprint density at radius 1 is 0.939 bits per heavy atom. The number of Topliss-reactive ketones (excluding diaryl/α,β-unsaturated/α-hetero) is 1. The van der Waals surface area contributed by atoms with Crippen molar-refractivity contribution in [2.45, 2.75) is 45.8 Å². The minimum atomic E-state index is -0.236. The van der Waals surface area contributed by atoms with Gasteiger partial charge in [-0.25, -0.2) is 0 Å². The molecular formula is C27H30N2O4. The van der Waals surface area contributed by atoms with Gasteiger partial charge in [0.2, 0.25) is 5.91 Å². The molecule has 1 unspecified atom stereocenters. The van der Waals surface area contributed by atoms with E-state index in [1.807, 2.05) is 61.5 Å². The third-order valence-electron chi connectivity index (χ3n) is 5.47. The first-order valence-electron chi connectivity index (χ1n) is 11.1. The molecule has 0 bridgehead atoms. The number of methoxy groups -OCH3 is 1. The van der Waals surface area contributed by atoms with Gasteiger partial charge in [0.1, 0.15) is 6.61 Å². The van der Waals surface area contributed by atoms with Gasteiger partial charge >= 0.3 is 0 Å². The highest BCUT2D eigenvalue weighted by Gasteiger charge is 2.15. The van der Waals surface area contributed by atoms with Crippen LogP contribution in [0.5, 0.6) is 11.5 Å². The second-order valence-corrected chi connectivity index (χ2v) is 7.82. The first kappa shape index (κ1) is 24.0. The molecule has 0 aliphatic heterocycles. The normalized spacial score (nSPS) is 11.5. The molecule has 172 valence electrons. The number of nitrogens with one attached hydrogen (secondary N) is 1. The van der Waals surface area contributed by atoms with Gasteiger partial charge in [0, 0.05) is 30.8 Å². The number of pyridine rings is 1. The van der Waals surface area contributed by atoms with Gasteiger partial charge < -0.3 is 14.8 Å². The maximum atomic E-state index is 12.4. The Hall–Kier alpha value is -3.67. The van der Waals surface area contributed by atoms with Crippen molar-refractivity contribution in [2.75, 3.05) is 7.11 Å². The summed E-state index contributed by atoms with van der Waals surface area (Å²) in [4.78, 5) is 28.8. The van der Waals surface area contributed by atoms with E-state index in [-0.39, 0.29) is 30.6 Å². The number of hydrogen-bond donors (Lipinski definition) is 1. The number of aromatic nitrogens is 1. The number of carbonyl (C=O) groups is 2. The number of nitrogens with zero attached hydrogens (tertiary/aromatic N) is 1. The van der Waals surface area contributed by atoms with E-state index in [0.29, 0.717) is 23.7 Å². The summed E-state index contributed by atoms with van der Waals surface area (Å²) < 4.78 is 11.4. The van der Waals surface area contributed by atoms with Crippen LogP contribution in [-0.2, 0) is 17.8 Å². The second-order valence-electron chi connectivity index (χ2n) is 7.82. The molecule has 1 heterocycles. The molecule has 6 heteroatoms. The zero-order valence-electron chi connectivity index (χ0n) is 19.3. The van der Waals surface area contributed by atoms with Crippen LogP contribution in [0.4, 0.5) is 0 Å². The monoisotopic (exact) mass is 446 g/mol. The van der Waals surface area contributed by atoms with Crippen LogP contribution in [0, 0.1) is 0 Å². The molecule has 1 atom stereocenters. The standard InChI is InChI=1S/C27H30N2O4/c1-4-20-5-7-22(8-6-20)24(30)10-12-27(31)29-19(2)23-9-11-25(26(17-23)32-3)33-18-21-13-15-28-16-14-21/h5-9,11,13-17,19H,4,10,12,18H2,1-3H3,(H,29,31). The Bertz CT molecular complexity index is 1070. The highest BCUT2D eigenvalue weighted by Crippen LogP contribution is 2.31. The van der Waals surface area contributed by atoms with E-state index in [4.69, 9.17) is 9.47 Å². The van der Waals surface area contributed by atoms with Crippen LogP contribution in [0.3, 0.4) is 0 Å². The number of rotatable bonds is 11. The summed E-state index contributed by atoms with van der Waals surface area (Å²) >= 11 is 0. The molecule has 0 saturated heterocycles. The molecule has 33 heavy (non-hydrogen) atoms. The van der Waals surface area contributed by atoms with E-state index in [2.05, 4.69) is 17.2 Å². The number of aryl methyl sites for hydroxylation is 1. The topological polar surface area (TPSA) is 77.5 Å². The van der Waals surface area contributed by atoms with Crippen LogP contribution in [0.1, 0.15) is 59.8 Å². The van der Waals surface area contributed by atoms with Crippen LogP contribution >= 0.6 is 0 Å². The van der Waals surface area contributed by atoms with E-state index < -0.39 is 0 Å². The highest BCUT2D eigenvalue weighted by molar-refractivity contribution is 5.98. The van der Waals surface area contributed by atoms with Crippen molar-refractivity contribution in [1.82, 2.24) is 10.3 Å². The predicted molar refractivity (Wildman–Crippen MR) is 128 cm³/mol. The molecule has 2 aromatic carbocycles. The molecule has 6 nitrogen and oxygen atoms in total. The van der Waals surface area contributed by atoms with Gasteiger partial charge in [0.05, 0.1) is 13.2 Å². The van der Waals surface area contributed by atoms with Crippen molar-refractivity contribution in [3.05, 3.63) is 89.2 Å². The molecule has 3 rings (SSSR count). The maximum absolute atomic E-state index is 12.4. The first-order chi connectivity index (χ1) is 16.0. The summed E-state index contributed by atoms with van der Waals surface area (Å²) in [6.07, 6.45) is 4.69. The minimum absolute atomic E-state index is 0.0298. The Labute approximate surface area is 195 Å². The molecule has 0 saturated carbocycles. The average Bonchev–Trinajstić information content (AvgIpc) is 2.86. The third kappa shape index (κ3) is 6.91. The smallest absolute Gasteiger partial charge is 0.220 e. The number of ether oxygens (including phenoxy) is 2. The molecule has 1 N–H and O–H groups in total. The number of carbonyl (C=O) groups excluding carboxylic acids is 2. The number of benzene rings is 2. The largest absolute Gasteiger partial charge is 0.493 e. The van der Waals surface area contributed by atoms with E-state index in [1.54, 1.807) is 19.5 Å². The van der Waals surface area contributed by atoms with Crippen molar-refractivity contribution in [3.8, 4) is 11.5 Å². The molecule has 3 aromatic rings. The lowest BCUT2D eigenvalue weighted by Crippen LogP contribution is -2.27. The zero-order valence-corrected chi connectivity index (χ0v) is 19.3. The van der Waals surface area contributed by atoms with Crippen LogP contribution in [0.25, 0.3) is 0 Å². The first-order valence-corrected chi connectivity index (χ1v) is 11.1. The molecule has 0 fully saturated rings. The average molecular weight is 447 g/mol. The van der Waals surface area contributed by atoms with E-state index in [9.17, 15) is 9.59 Å². The van der Waals surface area contributed by atoms with Crippen molar-refractivity contribution >= 4 is 11.7 Å². The Balaban J connectivity index is 1.53. The number of hydrogen-bond acceptors (Lipinski definition) is 5. The van der Waals surface area contributed by atoms with Gasteiger partial charge in [-0.2, -0.15) is 0 Å². The summed E-state index contributed by atoms with van der Waals surface area (Å²) in [6.45, 7) is 4.37. The van der Waals surface area contributed by atoms with Crippen LogP contribution < -0.4 is 14.8 Å². The van der Waals surface area contributed by atoms with Crippen molar-refractivity contribution in [2.24, 2.45) is 0 Å². The summed E-state index contributed by atoms with van der Waals surface area (Å²) in [5, 5.41) is 2.96. The fraction of sp³-hybridized carbons (Fsp3) is 0.296. The SMILES string of the molecule is CCc1ccc(C(=O)CCC(=O)NC(C)c2ccc(OCc3ccncc3)c(OC)c2)cc1. The van der Waals surface area contributed by atoms with Gasteiger partial charge in [0.25, 0.3) is 0 Å². The third-order valence-corrected chi connectivity index (χ3v) is 5.47. The predicted octanol–water partition coefficient (Wildman–Crippen LogP) is 5.07. The van der Waals surface area contributed by atoms with Gasteiger partial charge in [-0.3, -0.25) is 14.6 Å². The molecular weight excluding hydrogens is 416 g/mol. The Morgan fingerprint density at radius 2 is 1.67 bits per heavy atom. The van der Waals surface area contributed by atoms with Gasteiger partial charge in [0.15, 0.2) is 17.3 Å². The van der Waals surface area contributed by atoms with Gasteiger partial charge in [-0.15, -0.1) is 0 Å². The number of ketones is 1. The maximum Gasteiger partial charge on any atom is 0.220 e. The Kier molecular flexibility index (Phi) is 8.58. The lowest BCUT2D eigenvalue weighted by atomic mass is 10.0. The number of amides is 1.